The molecule has 112 valence electrons. The third-order valence-electron chi connectivity index (χ3n) is 4.50. The Hall–Kier alpha value is -0.770. The Morgan fingerprint density at radius 1 is 1.35 bits per heavy atom. The molecule has 0 bridgehead atoms. The molecule has 1 aromatic carbocycles. The van der Waals surface area contributed by atoms with E-state index in [0.29, 0.717) is 23.5 Å². The first-order valence-corrected chi connectivity index (χ1v) is 7.95. The number of nitrogens with two attached hydrogens (primary N) is 1. The van der Waals surface area contributed by atoms with Crippen molar-refractivity contribution in [3.05, 3.63) is 28.8 Å². The number of nitrogens with zero attached hydrogens (tertiary/aromatic N) is 1. The van der Waals surface area contributed by atoms with E-state index in [2.05, 4.69) is 11.8 Å². The third-order valence-corrected chi connectivity index (χ3v) is 4.86. The Bertz CT molecular complexity index is 418. The van der Waals surface area contributed by atoms with E-state index in [0.717, 1.165) is 18.7 Å². The molecule has 0 amide bonds. The van der Waals surface area contributed by atoms with E-state index in [9.17, 15) is 5.11 Å². The highest BCUT2D eigenvalue weighted by atomic mass is 35.5. The second-order valence-corrected chi connectivity index (χ2v) is 6.06. The van der Waals surface area contributed by atoms with E-state index < -0.39 is 0 Å². The van der Waals surface area contributed by atoms with Gasteiger partial charge in [-0.05, 0) is 44.0 Å². The second-order valence-electron chi connectivity index (χ2n) is 5.65. The molecule has 0 spiro atoms. The molecule has 1 aliphatic carbocycles. The fraction of sp³-hybridized carbons (Fsp3) is 0.625. The van der Waals surface area contributed by atoms with Gasteiger partial charge in [0.25, 0.3) is 0 Å². The number of hydrogen-bond donors (Lipinski definition) is 2. The average molecular weight is 297 g/mol. The van der Waals surface area contributed by atoms with Gasteiger partial charge in [0.05, 0.1) is 0 Å². The van der Waals surface area contributed by atoms with Crippen LogP contribution < -0.4 is 5.73 Å². The van der Waals surface area contributed by atoms with Crippen LogP contribution in [-0.2, 0) is 6.54 Å². The van der Waals surface area contributed by atoms with Crippen molar-refractivity contribution in [3.63, 3.8) is 0 Å². The van der Waals surface area contributed by atoms with Crippen molar-refractivity contribution < 1.29 is 5.11 Å². The summed E-state index contributed by atoms with van der Waals surface area (Å²) in [5, 5.41) is 10.7. The molecule has 0 aliphatic heterocycles. The molecular formula is C16H25ClN2O. The Morgan fingerprint density at radius 2 is 2.10 bits per heavy atom. The van der Waals surface area contributed by atoms with Gasteiger partial charge in [-0.15, -0.1) is 0 Å². The van der Waals surface area contributed by atoms with E-state index >= 15 is 0 Å². The smallest absolute Gasteiger partial charge is 0.121 e. The van der Waals surface area contributed by atoms with Crippen molar-refractivity contribution in [2.24, 2.45) is 11.7 Å². The maximum Gasteiger partial charge on any atom is 0.121 e. The predicted molar refractivity (Wildman–Crippen MR) is 84.0 cm³/mol. The topological polar surface area (TPSA) is 49.5 Å². The molecule has 0 aromatic heterocycles. The van der Waals surface area contributed by atoms with Crippen molar-refractivity contribution >= 4 is 11.6 Å². The van der Waals surface area contributed by atoms with E-state index in [1.54, 1.807) is 12.1 Å². The molecule has 1 aromatic rings. The van der Waals surface area contributed by atoms with Gasteiger partial charge in [-0.3, -0.25) is 4.90 Å². The van der Waals surface area contributed by atoms with Gasteiger partial charge in [-0.1, -0.05) is 37.4 Å². The molecule has 4 heteroatoms. The number of phenolic OH excluding ortho intramolecular Hbond substituents is 1. The molecule has 2 rings (SSSR count). The fourth-order valence-corrected chi connectivity index (χ4v) is 3.54. The van der Waals surface area contributed by atoms with Crippen molar-refractivity contribution in [2.75, 3.05) is 13.1 Å². The van der Waals surface area contributed by atoms with Crippen LogP contribution >= 0.6 is 11.6 Å². The number of hydrogen-bond acceptors (Lipinski definition) is 3. The molecule has 1 saturated carbocycles. The molecule has 0 radical (unpaired) electrons. The first kappa shape index (κ1) is 15.6. The van der Waals surface area contributed by atoms with Crippen LogP contribution in [0.25, 0.3) is 0 Å². The van der Waals surface area contributed by atoms with Crippen molar-refractivity contribution in [1.82, 2.24) is 4.90 Å². The Kier molecular flexibility index (Phi) is 5.70. The number of halogens is 1. The lowest BCUT2D eigenvalue weighted by Gasteiger charge is -2.39. The van der Waals surface area contributed by atoms with Crippen molar-refractivity contribution in [3.8, 4) is 5.75 Å². The molecule has 0 saturated heterocycles. The summed E-state index contributed by atoms with van der Waals surface area (Å²) in [7, 11) is 0. The van der Waals surface area contributed by atoms with Gasteiger partial charge in [0.1, 0.15) is 5.75 Å². The number of rotatable bonds is 5. The molecule has 1 aliphatic rings. The van der Waals surface area contributed by atoms with Crippen LogP contribution in [0.2, 0.25) is 5.02 Å². The van der Waals surface area contributed by atoms with Gasteiger partial charge in [-0.25, -0.2) is 0 Å². The average Bonchev–Trinajstić information content (AvgIpc) is 2.47. The van der Waals surface area contributed by atoms with Crippen LogP contribution in [0.3, 0.4) is 0 Å². The zero-order valence-corrected chi connectivity index (χ0v) is 12.9. The lowest BCUT2D eigenvalue weighted by molar-refractivity contribution is 0.105. The highest BCUT2D eigenvalue weighted by molar-refractivity contribution is 6.31. The first-order chi connectivity index (χ1) is 9.67. The third kappa shape index (κ3) is 3.46. The van der Waals surface area contributed by atoms with E-state index in [1.165, 1.54) is 25.7 Å². The minimum atomic E-state index is 0.288. The second kappa shape index (κ2) is 7.30. The summed E-state index contributed by atoms with van der Waals surface area (Å²) >= 11 is 6.23. The van der Waals surface area contributed by atoms with Gasteiger partial charge < -0.3 is 10.8 Å². The monoisotopic (exact) mass is 296 g/mol. The molecule has 2 atom stereocenters. The van der Waals surface area contributed by atoms with Gasteiger partial charge in [-0.2, -0.15) is 0 Å². The molecule has 3 nitrogen and oxygen atoms in total. The minimum absolute atomic E-state index is 0.288. The number of phenols is 1. The molecule has 1 fully saturated rings. The molecular weight excluding hydrogens is 272 g/mol. The van der Waals surface area contributed by atoms with E-state index in [-0.39, 0.29) is 5.75 Å². The Morgan fingerprint density at radius 3 is 2.75 bits per heavy atom. The summed E-state index contributed by atoms with van der Waals surface area (Å²) in [5.74, 6) is 0.851. The summed E-state index contributed by atoms with van der Waals surface area (Å²) in [6.45, 7) is 4.56. The van der Waals surface area contributed by atoms with Crippen LogP contribution in [0.4, 0.5) is 0 Å². The van der Waals surface area contributed by atoms with E-state index in [1.807, 2.05) is 6.07 Å². The number of benzene rings is 1. The molecule has 3 N–H and O–H groups in total. The largest absolute Gasteiger partial charge is 0.508 e. The number of aromatic hydroxyl groups is 1. The lowest BCUT2D eigenvalue weighted by atomic mass is 9.83. The van der Waals surface area contributed by atoms with Crippen molar-refractivity contribution in [1.29, 1.82) is 0 Å². The normalized spacial score (nSPS) is 23.2. The predicted octanol–water partition coefficient (Wildman–Crippen LogP) is 3.39. The summed E-state index contributed by atoms with van der Waals surface area (Å²) in [4.78, 5) is 2.41. The maximum absolute atomic E-state index is 10.0. The van der Waals surface area contributed by atoms with Crippen molar-refractivity contribution in [2.45, 2.75) is 45.2 Å². The summed E-state index contributed by atoms with van der Waals surface area (Å²) in [6.07, 6.45) is 4.96. The van der Waals surface area contributed by atoms with Crippen LogP contribution in [0, 0.1) is 5.92 Å². The standard InChI is InChI=1S/C16H25ClN2O/c1-2-19(15-8-4-3-6-12(15)10-18)11-13-14(17)7-5-9-16(13)20/h5,7,9,12,15,20H,2-4,6,8,10-11,18H2,1H3. The SMILES string of the molecule is CCN(Cc1c(O)cccc1Cl)C1CCCCC1CN. The minimum Gasteiger partial charge on any atom is -0.508 e. The van der Waals surface area contributed by atoms with E-state index in [4.69, 9.17) is 17.3 Å². The highest BCUT2D eigenvalue weighted by Crippen LogP contribution is 2.32. The van der Waals surface area contributed by atoms with Crippen LogP contribution in [0.5, 0.6) is 5.75 Å². The van der Waals surface area contributed by atoms with Gasteiger partial charge in [0, 0.05) is 23.2 Å². The zero-order chi connectivity index (χ0) is 14.5. The lowest BCUT2D eigenvalue weighted by Crippen LogP contribution is -2.44. The molecule has 2 unspecified atom stereocenters. The maximum atomic E-state index is 10.0. The van der Waals surface area contributed by atoms with Crippen LogP contribution in [0.1, 0.15) is 38.2 Å². The zero-order valence-electron chi connectivity index (χ0n) is 12.2. The summed E-state index contributed by atoms with van der Waals surface area (Å²) in [6, 6.07) is 5.83. The summed E-state index contributed by atoms with van der Waals surface area (Å²) < 4.78 is 0. The Labute approximate surface area is 126 Å². The summed E-state index contributed by atoms with van der Waals surface area (Å²) in [5.41, 5.74) is 6.77. The van der Waals surface area contributed by atoms with Gasteiger partial charge in [0.2, 0.25) is 0 Å². The first-order valence-electron chi connectivity index (χ1n) is 7.57. The van der Waals surface area contributed by atoms with Crippen LogP contribution in [-0.4, -0.2) is 29.1 Å². The highest BCUT2D eigenvalue weighted by Gasteiger charge is 2.29. The van der Waals surface area contributed by atoms with Crippen LogP contribution in [0.15, 0.2) is 18.2 Å². The quantitative estimate of drug-likeness (QED) is 0.876. The molecule has 20 heavy (non-hydrogen) atoms. The van der Waals surface area contributed by atoms with Gasteiger partial charge >= 0.3 is 0 Å². The van der Waals surface area contributed by atoms with Gasteiger partial charge in [0.15, 0.2) is 0 Å². The molecule has 0 heterocycles. The Balaban J connectivity index is 2.15. The fourth-order valence-electron chi connectivity index (χ4n) is 3.31.